The number of carbonyl (C=O) groups excluding carboxylic acids is 2. The predicted octanol–water partition coefficient (Wildman–Crippen LogP) is 1.40. The Morgan fingerprint density at radius 3 is 2.89 bits per heavy atom. The highest BCUT2D eigenvalue weighted by atomic mass is 79.9. The summed E-state index contributed by atoms with van der Waals surface area (Å²) in [6.07, 6.45) is 1.68. The lowest BCUT2D eigenvalue weighted by Gasteiger charge is -2.14. The Morgan fingerprint density at radius 2 is 2.26 bits per heavy atom. The van der Waals surface area contributed by atoms with Gasteiger partial charge in [-0.05, 0) is 23.8 Å². The van der Waals surface area contributed by atoms with E-state index < -0.39 is 18.4 Å². The van der Waals surface area contributed by atoms with Crippen molar-refractivity contribution in [1.82, 2.24) is 4.90 Å². The number of thioether (sulfide) groups is 1. The molecule has 1 aliphatic heterocycles. The molecule has 0 bridgehead atoms. The molecule has 0 unspecified atom stereocenters. The normalized spacial score (nSPS) is 17.3. The van der Waals surface area contributed by atoms with E-state index >= 15 is 0 Å². The van der Waals surface area contributed by atoms with Crippen molar-refractivity contribution < 1.29 is 14.7 Å². The van der Waals surface area contributed by atoms with Crippen LogP contribution in [0.1, 0.15) is 5.56 Å². The van der Waals surface area contributed by atoms with E-state index in [2.05, 4.69) is 15.9 Å². The average Bonchev–Trinajstić information content (AvgIpc) is 2.57. The third-order valence-electron chi connectivity index (χ3n) is 2.31. The summed E-state index contributed by atoms with van der Waals surface area (Å²) in [7, 11) is 0. The zero-order valence-corrected chi connectivity index (χ0v) is 12.7. The Hall–Kier alpha value is -1.18. The first-order chi connectivity index (χ1) is 8.97. The number of carboxylic acids is 1. The van der Waals surface area contributed by atoms with Gasteiger partial charge in [0, 0.05) is 4.47 Å². The highest BCUT2D eigenvalue weighted by molar-refractivity contribution is 9.10. The van der Waals surface area contributed by atoms with Gasteiger partial charge in [0.2, 0.25) is 0 Å². The molecule has 7 heteroatoms. The first-order valence-corrected chi connectivity index (χ1v) is 7.20. The zero-order valence-electron chi connectivity index (χ0n) is 9.46. The average molecular weight is 357 g/mol. The molecule has 98 valence electrons. The van der Waals surface area contributed by atoms with E-state index in [1.807, 2.05) is 24.3 Å². The van der Waals surface area contributed by atoms with E-state index in [-0.39, 0.29) is 4.32 Å². The van der Waals surface area contributed by atoms with E-state index in [0.29, 0.717) is 4.91 Å². The number of halogens is 1. The number of hydrogen-bond acceptors (Lipinski definition) is 5. The number of rotatable bonds is 3. The van der Waals surface area contributed by atoms with Crippen molar-refractivity contribution in [3.63, 3.8) is 0 Å². The van der Waals surface area contributed by atoms with E-state index in [1.165, 1.54) is 0 Å². The van der Waals surface area contributed by atoms with Gasteiger partial charge in [0.15, 0.2) is 0 Å². The first kappa shape index (κ1) is 14.2. The number of thiocarbonyl (C=S) groups is 1. The van der Waals surface area contributed by atoms with Gasteiger partial charge in [0.1, 0.15) is 4.32 Å². The highest BCUT2D eigenvalue weighted by Crippen LogP contribution is 2.32. The fourth-order valence-corrected chi connectivity index (χ4v) is 3.19. The van der Waals surface area contributed by atoms with Gasteiger partial charge < -0.3 is 9.90 Å². The molecule has 1 amide bonds. The molecule has 1 heterocycles. The molecule has 4 nitrogen and oxygen atoms in total. The van der Waals surface area contributed by atoms with E-state index in [0.717, 1.165) is 26.7 Å². The molecule has 1 fully saturated rings. The van der Waals surface area contributed by atoms with Gasteiger partial charge in [-0.25, -0.2) is 0 Å². The maximum atomic E-state index is 12.0. The summed E-state index contributed by atoms with van der Waals surface area (Å²) in [5.74, 6) is -1.74. The van der Waals surface area contributed by atoms with Crippen LogP contribution in [0, 0.1) is 0 Å². The maximum Gasteiger partial charge on any atom is 0.266 e. The lowest BCUT2D eigenvalue weighted by Crippen LogP contribution is -2.40. The number of nitrogens with zero attached hydrogens (tertiary/aromatic N) is 1. The number of carbonyl (C=O) groups is 2. The summed E-state index contributed by atoms with van der Waals surface area (Å²) in [6, 6.07) is 7.41. The molecule has 1 aromatic carbocycles. The van der Waals surface area contributed by atoms with Crippen molar-refractivity contribution in [3.05, 3.63) is 39.2 Å². The lowest BCUT2D eigenvalue weighted by atomic mass is 10.2. The van der Waals surface area contributed by atoms with Gasteiger partial charge >= 0.3 is 0 Å². The third-order valence-corrected chi connectivity index (χ3v) is 4.18. The summed E-state index contributed by atoms with van der Waals surface area (Å²) < 4.78 is 1.13. The van der Waals surface area contributed by atoms with Crippen LogP contribution in [0.5, 0.6) is 0 Å². The van der Waals surface area contributed by atoms with Crippen molar-refractivity contribution in [3.8, 4) is 0 Å². The van der Waals surface area contributed by atoms with Gasteiger partial charge in [-0.3, -0.25) is 9.69 Å². The molecule has 0 saturated carbocycles. The summed E-state index contributed by atoms with van der Waals surface area (Å²) in [6.45, 7) is -0.513. The lowest BCUT2D eigenvalue weighted by molar-refractivity contribution is -0.305. The summed E-state index contributed by atoms with van der Waals surface area (Å²) in [5.41, 5.74) is 0.836. The number of hydrogen-bond donors (Lipinski definition) is 0. The van der Waals surface area contributed by atoms with Crippen LogP contribution in [-0.4, -0.2) is 27.6 Å². The van der Waals surface area contributed by atoms with Gasteiger partial charge in [0.05, 0.1) is 17.4 Å². The van der Waals surface area contributed by atoms with Crippen molar-refractivity contribution >= 4 is 62.2 Å². The predicted molar refractivity (Wildman–Crippen MR) is 79.0 cm³/mol. The Bertz CT molecular complexity index is 600. The number of benzene rings is 1. The van der Waals surface area contributed by atoms with Crippen LogP contribution < -0.4 is 5.11 Å². The van der Waals surface area contributed by atoms with Crippen LogP contribution in [0.4, 0.5) is 0 Å². The van der Waals surface area contributed by atoms with Crippen molar-refractivity contribution in [2.75, 3.05) is 6.54 Å². The largest absolute Gasteiger partial charge is 0.548 e. The SMILES string of the molecule is O=C([O-])CN1C(=O)/C(=C/c2cccc(Br)c2)SC1=S. The molecule has 1 aromatic rings. The molecule has 0 radical (unpaired) electrons. The second-order valence-electron chi connectivity index (χ2n) is 3.69. The molecule has 0 spiro atoms. The van der Waals surface area contributed by atoms with Crippen molar-refractivity contribution in [2.24, 2.45) is 0 Å². The standard InChI is InChI=1S/C12H8BrNO3S2/c13-8-3-1-2-7(4-8)5-9-11(17)14(6-10(15)16)12(18)19-9/h1-5H,6H2,(H,15,16)/p-1/b9-5-. The Morgan fingerprint density at radius 1 is 1.53 bits per heavy atom. The minimum absolute atomic E-state index is 0.232. The van der Waals surface area contributed by atoms with Gasteiger partial charge in [-0.15, -0.1) is 0 Å². The number of carboxylic acid groups (broad SMARTS) is 1. The molecule has 0 aliphatic carbocycles. The van der Waals surface area contributed by atoms with Crippen LogP contribution in [-0.2, 0) is 9.59 Å². The molecule has 0 N–H and O–H groups in total. The second kappa shape index (κ2) is 5.85. The molecule has 0 aromatic heterocycles. The monoisotopic (exact) mass is 356 g/mol. The Labute approximate surface area is 127 Å². The molecule has 2 rings (SSSR count). The van der Waals surface area contributed by atoms with Crippen molar-refractivity contribution in [2.45, 2.75) is 0 Å². The molecular formula is C12H7BrNO3S2-. The van der Waals surface area contributed by atoms with Crippen LogP contribution in [0.15, 0.2) is 33.6 Å². The van der Waals surface area contributed by atoms with Crippen molar-refractivity contribution in [1.29, 1.82) is 0 Å². The number of amides is 1. The Kier molecular flexibility index (Phi) is 4.38. The van der Waals surface area contributed by atoms with Gasteiger partial charge in [-0.2, -0.15) is 0 Å². The molecule has 0 atom stereocenters. The maximum absolute atomic E-state index is 12.0. The van der Waals surface area contributed by atoms with Crippen LogP contribution in [0.25, 0.3) is 6.08 Å². The quantitative estimate of drug-likeness (QED) is 0.605. The van der Waals surface area contributed by atoms with Gasteiger partial charge in [0.25, 0.3) is 5.91 Å². The molecule has 1 saturated heterocycles. The van der Waals surface area contributed by atoms with E-state index in [1.54, 1.807) is 6.08 Å². The Balaban J connectivity index is 2.25. The van der Waals surface area contributed by atoms with Gasteiger partial charge in [-0.1, -0.05) is 52.0 Å². The zero-order chi connectivity index (χ0) is 14.0. The summed E-state index contributed by atoms with van der Waals surface area (Å²) >= 11 is 9.41. The topological polar surface area (TPSA) is 60.4 Å². The minimum Gasteiger partial charge on any atom is -0.548 e. The minimum atomic E-state index is -1.33. The van der Waals surface area contributed by atoms with Crippen LogP contribution >= 0.6 is 39.9 Å². The second-order valence-corrected chi connectivity index (χ2v) is 6.29. The van der Waals surface area contributed by atoms with Crippen LogP contribution in [0.3, 0.4) is 0 Å². The highest BCUT2D eigenvalue weighted by Gasteiger charge is 2.31. The number of aliphatic carboxylic acids is 1. The fraction of sp³-hybridized carbons (Fsp3) is 0.0833. The fourth-order valence-electron chi connectivity index (χ4n) is 1.51. The molecule has 19 heavy (non-hydrogen) atoms. The summed E-state index contributed by atoms with van der Waals surface area (Å²) in [5, 5.41) is 10.6. The summed E-state index contributed by atoms with van der Waals surface area (Å²) in [4.78, 5) is 24.0. The first-order valence-electron chi connectivity index (χ1n) is 5.18. The van der Waals surface area contributed by atoms with E-state index in [4.69, 9.17) is 12.2 Å². The third kappa shape index (κ3) is 3.43. The molecule has 1 aliphatic rings. The molecular weight excluding hydrogens is 350 g/mol. The van der Waals surface area contributed by atoms with Crippen LogP contribution in [0.2, 0.25) is 0 Å². The van der Waals surface area contributed by atoms with E-state index in [9.17, 15) is 14.7 Å². The smallest absolute Gasteiger partial charge is 0.266 e.